The van der Waals surface area contributed by atoms with Crippen molar-refractivity contribution in [3.8, 4) is 67.3 Å². The number of benzene rings is 6. The van der Waals surface area contributed by atoms with Gasteiger partial charge in [-0.05, 0) is 93.4 Å². The second-order valence-corrected chi connectivity index (χ2v) is 14.2. The molecule has 3 aliphatic rings. The van der Waals surface area contributed by atoms with Crippen LogP contribution >= 0.6 is 0 Å². The van der Waals surface area contributed by atoms with Crippen molar-refractivity contribution in [2.75, 3.05) is 0 Å². The van der Waals surface area contributed by atoms with Gasteiger partial charge >= 0.3 is 0 Å². The lowest BCUT2D eigenvalue weighted by atomic mass is 9.75. The van der Waals surface area contributed by atoms with Gasteiger partial charge in [0.1, 0.15) is 0 Å². The monoisotopic (exact) mass is 660 g/mol. The van der Waals surface area contributed by atoms with Gasteiger partial charge in [-0.1, -0.05) is 159 Å². The summed E-state index contributed by atoms with van der Waals surface area (Å²) in [7, 11) is 0. The van der Waals surface area contributed by atoms with Crippen LogP contribution in [0.3, 0.4) is 0 Å². The molecule has 3 aliphatic carbocycles. The van der Waals surface area contributed by atoms with Crippen LogP contribution in [0, 0.1) is 11.8 Å². The minimum Gasteiger partial charge on any atom is -0.228 e. The maximum Gasteiger partial charge on any atom is 0.160 e. The van der Waals surface area contributed by atoms with Crippen molar-refractivity contribution < 1.29 is 5.48 Å². The highest BCUT2D eigenvalue weighted by molar-refractivity contribution is 5.85. The Morgan fingerprint density at radius 1 is 0.431 bits per heavy atom. The van der Waals surface area contributed by atoms with Crippen LogP contribution in [0.25, 0.3) is 67.3 Å². The fraction of sp³-hybridized carbons (Fsp3) is 0.184. The molecule has 51 heavy (non-hydrogen) atoms. The van der Waals surface area contributed by atoms with E-state index in [4.69, 9.17) is 9.97 Å². The van der Waals surface area contributed by atoms with Gasteiger partial charge < -0.3 is 0 Å². The summed E-state index contributed by atoms with van der Waals surface area (Å²) in [4.78, 5) is 10.0. The Kier molecular flexibility index (Phi) is 6.34. The van der Waals surface area contributed by atoms with Gasteiger partial charge in [-0.3, -0.25) is 0 Å². The summed E-state index contributed by atoms with van der Waals surface area (Å²) in [6, 6.07) is 53.6. The summed E-state index contributed by atoms with van der Waals surface area (Å²) in [6.45, 7) is 0. The molecule has 7 aromatic rings. The number of nitrogens with zero attached hydrogens (tertiary/aromatic N) is 2. The van der Waals surface area contributed by atoms with Gasteiger partial charge in [0.15, 0.2) is 5.82 Å². The second-order valence-electron chi connectivity index (χ2n) is 14.2. The van der Waals surface area contributed by atoms with Crippen LogP contribution < -0.4 is 0 Å². The van der Waals surface area contributed by atoms with Crippen LogP contribution in [0.1, 0.15) is 55.0 Å². The zero-order valence-electron chi connectivity index (χ0n) is 32.4. The molecule has 10 rings (SSSR count). The first-order chi connectivity index (χ1) is 26.8. The summed E-state index contributed by atoms with van der Waals surface area (Å²) in [6.07, 6.45) is -0.123. The first-order valence-electron chi connectivity index (χ1n) is 20.2. The van der Waals surface area contributed by atoms with Crippen LogP contribution in [0.15, 0.2) is 158 Å². The van der Waals surface area contributed by atoms with Gasteiger partial charge in [-0.2, -0.15) is 0 Å². The first-order valence-corrected chi connectivity index (χ1v) is 18.2. The zero-order chi connectivity index (χ0) is 37.4. The van der Waals surface area contributed by atoms with E-state index in [1.165, 1.54) is 0 Å². The van der Waals surface area contributed by atoms with Crippen LogP contribution in [0.5, 0.6) is 0 Å². The van der Waals surface area contributed by atoms with Crippen LogP contribution in [0.4, 0.5) is 0 Å². The van der Waals surface area contributed by atoms with E-state index >= 15 is 0 Å². The van der Waals surface area contributed by atoms with Crippen molar-refractivity contribution in [3.05, 3.63) is 169 Å². The average molecular weight is 661 g/mol. The van der Waals surface area contributed by atoms with Crippen molar-refractivity contribution in [1.82, 2.24) is 9.97 Å². The van der Waals surface area contributed by atoms with E-state index in [9.17, 15) is 5.48 Å². The molecule has 6 aromatic carbocycles. The average Bonchev–Trinajstić information content (AvgIpc) is 3.62. The van der Waals surface area contributed by atoms with E-state index < -0.39 is 18.2 Å². The Morgan fingerprint density at radius 2 is 0.941 bits per heavy atom. The summed E-state index contributed by atoms with van der Waals surface area (Å²) >= 11 is 0. The van der Waals surface area contributed by atoms with E-state index in [-0.39, 0.29) is 11.8 Å². The Hall–Kier alpha value is -5.60. The molecule has 2 heteroatoms. The molecular weight excluding hydrogens is 617 g/mol. The largest absolute Gasteiger partial charge is 0.228 e. The lowest BCUT2D eigenvalue weighted by molar-refractivity contribution is 0.277. The molecule has 0 amide bonds. The molecule has 0 radical (unpaired) electrons. The van der Waals surface area contributed by atoms with Gasteiger partial charge in [0.2, 0.25) is 0 Å². The number of hydrogen-bond acceptors (Lipinski definition) is 2. The fourth-order valence-electron chi connectivity index (χ4n) is 8.65. The highest BCUT2D eigenvalue weighted by Crippen LogP contribution is 2.62. The first kappa shape index (κ1) is 26.2. The summed E-state index contributed by atoms with van der Waals surface area (Å²) in [5.74, 6) is 0.0325. The Balaban J connectivity index is 1.07. The molecule has 2 saturated carbocycles. The summed E-state index contributed by atoms with van der Waals surface area (Å²) in [5, 5.41) is 0. The molecule has 1 heterocycles. The Morgan fingerprint density at radius 3 is 1.63 bits per heavy atom. The van der Waals surface area contributed by atoms with E-state index in [1.807, 2.05) is 72.8 Å². The normalized spacial score (nSPS) is 23.3. The molecule has 2 fully saturated rings. The lowest BCUT2D eigenvalue weighted by Crippen LogP contribution is -2.21. The van der Waals surface area contributed by atoms with Gasteiger partial charge in [0.25, 0.3) is 0 Å². The quantitative estimate of drug-likeness (QED) is 0.184. The van der Waals surface area contributed by atoms with Crippen LogP contribution in [0.2, 0.25) is 0 Å². The maximum absolute atomic E-state index is 9.83. The van der Waals surface area contributed by atoms with Gasteiger partial charge in [-0.25, -0.2) is 9.97 Å². The third kappa shape index (κ3) is 5.24. The molecule has 0 N–H and O–H groups in total. The Bertz CT molecular complexity index is 2500. The van der Waals surface area contributed by atoms with Gasteiger partial charge in [-0.15, -0.1) is 0 Å². The SMILES string of the molecule is [2H]C1([2H])C2CCCCC2C([2H])([2H])C12c1ccccc1-c1ccc(-c3cccc(-c4cccc(-c5cc(-c6ccccc6)nc(-c6ccccc6)n5)c4)c3)cc12. The predicted molar refractivity (Wildman–Crippen MR) is 210 cm³/mol. The molecule has 2 nitrogen and oxygen atoms in total. The minimum absolute atomic E-state index is 0.322. The van der Waals surface area contributed by atoms with Gasteiger partial charge in [0, 0.05) is 27.6 Å². The summed E-state index contributed by atoms with van der Waals surface area (Å²) in [5.41, 5.74) is 10.9. The highest BCUT2D eigenvalue weighted by atomic mass is 14.9. The molecule has 246 valence electrons. The van der Waals surface area contributed by atoms with Gasteiger partial charge in [0.05, 0.1) is 11.4 Å². The number of aromatic nitrogens is 2. The third-order valence-electron chi connectivity index (χ3n) is 11.1. The highest BCUT2D eigenvalue weighted by Gasteiger charge is 2.52. The van der Waals surface area contributed by atoms with Crippen molar-refractivity contribution >= 4 is 0 Å². The standard InChI is InChI=1S/C49H40N2/c1-3-13-33(14-4-1)46-30-47(51-48(50-46)34-15-5-2-6-16-34)39-22-12-21-37(28-39)35-19-11-20-36(27-35)38-25-26-43-42-23-9-10-24-44(42)49(45(43)29-38)31-40-17-7-8-18-41(40)32-49/h1-6,9-16,19-30,40-41H,7-8,17-18,31-32H2/i31D2,32D2. The summed E-state index contributed by atoms with van der Waals surface area (Å²) < 4.78 is 39.3. The molecule has 0 bridgehead atoms. The molecule has 0 saturated heterocycles. The smallest absolute Gasteiger partial charge is 0.160 e. The van der Waals surface area contributed by atoms with E-state index in [0.717, 1.165) is 98.3 Å². The zero-order valence-corrected chi connectivity index (χ0v) is 28.4. The molecule has 2 atom stereocenters. The van der Waals surface area contributed by atoms with Crippen LogP contribution in [-0.4, -0.2) is 9.97 Å². The number of fused-ring (bicyclic) bond motifs is 6. The van der Waals surface area contributed by atoms with Crippen molar-refractivity contribution in [2.24, 2.45) is 11.8 Å². The fourth-order valence-corrected chi connectivity index (χ4v) is 8.65. The van der Waals surface area contributed by atoms with E-state index in [1.54, 1.807) is 0 Å². The predicted octanol–water partition coefficient (Wildman–Crippen LogP) is 12.7. The Labute approximate surface area is 306 Å². The van der Waals surface area contributed by atoms with Crippen molar-refractivity contribution in [3.63, 3.8) is 0 Å². The molecule has 0 aliphatic heterocycles. The minimum atomic E-state index is -1.74. The van der Waals surface area contributed by atoms with Crippen molar-refractivity contribution in [2.45, 2.75) is 43.8 Å². The third-order valence-corrected chi connectivity index (χ3v) is 11.1. The number of rotatable bonds is 5. The molecule has 1 spiro atoms. The lowest BCUT2D eigenvalue weighted by Gasteiger charge is -2.28. The molecule has 2 unspecified atom stereocenters. The van der Waals surface area contributed by atoms with Crippen LogP contribution in [-0.2, 0) is 5.41 Å². The van der Waals surface area contributed by atoms with E-state index in [0.29, 0.717) is 5.82 Å². The molecular formula is C49H40N2. The topological polar surface area (TPSA) is 25.8 Å². The molecule has 1 aromatic heterocycles. The van der Waals surface area contributed by atoms with E-state index in [2.05, 4.69) is 84.9 Å². The maximum atomic E-state index is 9.83. The second kappa shape index (κ2) is 12.3. The number of hydrogen-bond donors (Lipinski definition) is 0. The van der Waals surface area contributed by atoms with Crippen molar-refractivity contribution in [1.29, 1.82) is 0 Å².